The van der Waals surface area contributed by atoms with E-state index in [0.717, 1.165) is 10.7 Å². The van der Waals surface area contributed by atoms with Crippen molar-refractivity contribution in [2.75, 3.05) is 12.0 Å². The van der Waals surface area contributed by atoms with Crippen LogP contribution in [-0.4, -0.2) is 16.2 Å². The molecule has 0 fully saturated rings. The molecule has 1 rings (SSSR count). The molecule has 0 atom stereocenters. The molecule has 0 saturated carbocycles. The molecule has 4 heteroatoms. The highest BCUT2D eigenvalue weighted by Gasteiger charge is 1.98. The van der Waals surface area contributed by atoms with Gasteiger partial charge in [-0.05, 0) is 13.2 Å². The Labute approximate surface area is 64.1 Å². The van der Waals surface area contributed by atoms with Gasteiger partial charge in [-0.3, -0.25) is 0 Å². The molecular weight excluding hydrogens is 146 g/mol. The van der Waals surface area contributed by atoms with E-state index in [2.05, 4.69) is 9.97 Å². The molecule has 0 unspecified atom stereocenters. The van der Waals surface area contributed by atoms with Gasteiger partial charge in [0.15, 0.2) is 5.82 Å². The minimum atomic E-state index is 0.512. The number of aryl methyl sites for hydroxylation is 1. The van der Waals surface area contributed by atoms with Crippen LogP contribution in [0.3, 0.4) is 0 Å². The second kappa shape index (κ2) is 2.88. The Kier molecular flexibility index (Phi) is 2.11. The molecule has 0 bridgehead atoms. The number of thioether (sulfide) groups is 1. The van der Waals surface area contributed by atoms with Gasteiger partial charge < -0.3 is 5.73 Å². The molecule has 1 aromatic rings. The van der Waals surface area contributed by atoms with Crippen LogP contribution >= 0.6 is 11.8 Å². The lowest BCUT2D eigenvalue weighted by molar-refractivity contribution is 1.01. The monoisotopic (exact) mass is 155 g/mol. The van der Waals surface area contributed by atoms with E-state index in [4.69, 9.17) is 5.73 Å². The van der Waals surface area contributed by atoms with Gasteiger partial charge in [0, 0.05) is 0 Å². The van der Waals surface area contributed by atoms with E-state index in [0.29, 0.717) is 5.82 Å². The SMILES string of the molecule is CSc1nc(C)cnc1N. The summed E-state index contributed by atoms with van der Waals surface area (Å²) in [6.45, 7) is 1.90. The summed E-state index contributed by atoms with van der Waals surface area (Å²) in [7, 11) is 0. The third-order valence-electron chi connectivity index (χ3n) is 1.08. The first-order valence-corrected chi connectivity index (χ1v) is 4.09. The second-order valence-corrected chi connectivity index (χ2v) is 2.70. The minimum absolute atomic E-state index is 0.512. The van der Waals surface area contributed by atoms with Crippen molar-refractivity contribution in [1.82, 2.24) is 9.97 Å². The zero-order chi connectivity index (χ0) is 7.56. The fraction of sp³-hybridized carbons (Fsp3) is 0.333. The lowest BCUT2D eigenvalue weighted by atomic mass is 10.5. The lowest BCUT2D eigenvalue weighted by Gasteiger charge is -1.99. The number of aromatic nitrogens is 2. The molecule has 0 amide bonds. The van der Waals surface area contributed by atoms with Crippen molar-refractivity contribution in [3.63, 3.8) is 0 Å². The first-order valence-electron chi connectivity index (χ1n) is 2.87. The first kappa shape index (κ1) is 7.34. The maximum Gasteiger partial charge on any atom is 0.156 e. The molecule has 0 aromatic carbocycles. The Balaban J connectivity index is 3.09. The van der Waals surface area contributed by atoms with Crippen molar-refractivity contribution in [3.05, 3.63) is 11.9 Å². The van der Waals surface area contributed by atoms with E-state index in [-0.39, 0.29) is 0 Å². The summed E-state index contributed by atoms with van der Waals surface area (Å²) in [5, 5.41) is 0.806. The highest BCUT2D eigenvalue weighted by atomic mass is 32.2. The summed E-state index contributed by atoms with van der Waals surface area (Å²) in [6, 6.07) is 0. The lowest BCUT2D eigenvalue weighted by Crippen LogP contribution is -1.96. The minimum Gasteiger partial charge on any atom is -0.381 e. The third-order valence-corrected chi connectivity index (χ3v) is 1.77. The average molecular weight is 155 g/mol. The van der Waals surface area contributed by atoms with Crippen LogP contribution in [-0.2, 0) is 0 Å². The molecule has 2 N–H and O–H groups in total. The number of nitrogens with two attached hydrogens (primary N) is 1. The molecular formula is C6H9N3S. The van der Waals surface area contributed by atoms with Crippen molar-refractivity contribution in [1.29, 1.82) is 0 Å². The number of nitrogens with zero attached hydrogens (tertiary/aromatic N) is 2. The van der Waals surface area contributed by atoms with E-state index in [1.54, 1.807) is 6.20 Å². The topological polar surface area (TPSA) is 51.8 Å². The van der Waals surface area contributed by atoms with Crippen LogP contribution < -0.4 is 5.73 Å². The molecule has 0 aliphatic carbocycles. The fourth-order valence-corrected chi connectivity index (χ4v) is 1.11. The van der Waals surface area contributed by atoms with Gasteiger partial charge in [0.1, 0.15) is 5.03 Å². The molecule has 1 aromatic heterocycles. The highest BCUT2D eigenvalue weighted by Crippen LogP contribution is 2.16. The van der Waals surface area contributed by atoms with Gasteiger partial charge >= 0.3 is 0 Å². The highest BCUT2D eigenvalue weighted by molar-refractivity contribution is 7.98. The first-order chi connectivity index (χ1) is 4.74. The Hall–Kier alpha value is -0.770. The second-order valence-electron chi connectivity index (χ2n) is 1.91. The zero-order valence-electron chi connectivity index (χ0n) is 5.96. The molecule has 0 aliphatic heterocycles. The van der Waals surface area contributed by atoms with Crippen LogP contribution in [0.15, 0.2) is 11.2 Å². The van der Waals surface area contributed by atoms with Crippen molar-refractivity contribution in [2.24, 2.45) is 0 Å². The Bertz CT molecular complexity index is 236. The maximum atomic E-state index is 5.51. The molecule has 10 heavy (non-hydrogen) atoms. The van der Waals surface area contributed by atoms with E-state index >= 15 is 0 Å². The summed E-state index contributed by atoms with van der Waals surface area (Å²) >= 11 is 1.51. The molecule has 0 spiro atoms. The Morgan fingerprint density at radius 3 is 2.80 bits per heavy atom. The van der Waals surface area contributed by atoms with Crippen LogP contribution in [0.4, 0.5) is 5.82 Å². The van der Waals surface area contributed by atoms with E-state index in [1.807, 2.05) is 13.2 Å². The third kappa shape index (κ3) is 1.39. The maximum absolute atomic E-state index is 5.51. The van der Waals surface area contributed by atoms with Crippen molar-refractivity contribution < 1.29 is 0 Å². The summed E-state index contributed by atoms with van der Waals surface area (Å²) < 4.78 is 0. The molecule has 1 heterocycles. The number of hydrogen-bond donors (Lipinski definition) is 1. The van der Waals surface area contributed by atoms with Crippen LogP contribution in [0.2, 0.25) is 0 Å². The Morgan fingerprint density at radius 2 is 2.30 bits per heavy atom. The van der Waals surface area contributed by atoms with Crippen LogP contribution in [0.25, 0.3) is 0 Å². The van der Waals surface area contributed by atoms with Gasteiger partial charge in [0.2, 0.25) is 0 Å². The summed E-state index contributed by atoms with van der Waals surface area (Å²) in [5.41, 5.74) is 6.41. The van der Waals surface area contributed by atoms with E-state index < -0.39 is 0 Å². The van der Waals surface area contributed by atoms with E-state index in [1.165, 1.54) is 11.8 Å². The summed E-state index contributed by atoms with van der Waals surface area (Å²) in [5.74, 6) is 0.512. The number of anilines is 1. The van der Waals surface area contributed by atoms with Crippen molar-refractivity contribution in [2.45, 2.75) is 11.9 Å². The molecule has 0 aliphatic rings. The van der Waals surface area contributed by atoms with Gasteiger partial charge in [-0.25, -0.2) is 9.97 Å². The largest absolute Gasteiger partial charge is 0.381 e. The van der Waals surface area contributed by atoms with Crippen molar-refractivity contribution in [3.8, 4) is 0 Å². The summed E-state index contributed by atoms with van der Waals surface area (Å²) in [6.07, 6.45) is 3.59. The van der Waals surface area contributed by atoms with Crippen LogP contribution in [0.5, 0.6) is 0 Å². The number of hydrogen-bond acceptors (Lipinski definition) is 4. The van der Waals surface area contributed by atoms with E-state index in [9.17, 15) is 0 Å². The summed E-state index contributed by atoms with van der Waals surface area (Å²) in [4.78, 5) is 8.11. The van der Waals surface area contributed by atoms with Gasteiger partial charge in [-0.15, -0.1) is 11.8 Å². The smallest absolute Gasteiger partial charge is 0.156 e. The predicted octanol–water partition coefficient (Wildman–Crippen LogP) is 1.09. The van der Waals surface area contributed by atoms with Gasteiger partial charge in [0.05, 0.1) is 11.9 Å². The Morgan fingerprint density at radius 1 is 1.60 bits per heavy atom. The predicted molar refractivity (Wildman–Crippen MR) is 43.0 cm³/mol. The molecule has 54 valence electrons. The number of nitrogen functional groups attached to an aromatic ring is 1. The standard InChI is InChI=1S/C6H9N3S/c1-4-3-8-5(7)6(9-4)10-2/h3H,1-2H3,(H2,7,8). The van der Waals surface area contributed by atoms with Gasteiger partial charge in [-0.2, -0.15) is 0 Å². The fourth-order valence-electron chi connectivity index (χ4n) is 0.615. The number of rotatable bonds is 1. The quantitative estimate of drug-likeness (QED) is 0.617. The van der Waals surface area contributed by atoms with Gasteiger partial charge in [0.25, 0.3) is 0 Å². The normalized spacial score (nSPS) is 9.80. The molecule has 0 radical (unpaired) electrons. The van der Waals surface area contributed by atoms with Crippen LogP contribution in [0.1, 0.15) is 5.69 Å². The molecule has 3 nitrogen and oxygen atoms in total. The average Bonchev–Trinajstić information content (AvgIpc) is 1.94. The zero-order valence-corrected chi connectivity index (χ0v) is 6.77. The van der Waals surface area contributed by atoms with Gasteiger partial charge in [-0.1, -0.05) is 0 Å². The van der Waals surface area contributed by atoms with Crippen molar-refractivity contribution >= 4 is 17.6 Å². The van der Waals surface area contributed by atoms with Crippen LogP contribution in [0, 0.1) is 6.92 Å². The molecule has 0 saturated heterocycles.